The smallest absolute Gasteiger partial charge is 0.338 e. The van der Waals surface area contributed by atoms with Crippen LogP contribution >= 0.6 is 0 Å². The fourth-order valence-corrected chi connectivity index (χ4v) is 1.83. The van der Waals surface area contributed by atoms with Crippen molar-refractivity contribution in [2.75, 3.05) is 17.7 Å². The van der Waals surface area contributed by atoms with Crippen molar-refractivity contribution in [3.8, 4) is 6.07 Å². The summed E-state index contributed by atoms with van der Waals surface area (Å²) in [5, 5.41) is 11.2. The van der Waals surface area contributed by atoms with Crippen LogP contribution in [0.25, 0.3) is 0 Å². The third-order valence-electron chi connectivity index (χ3n) is 3.00. The first-order valence-corrected chi connectivity index (χ1v) is 6.87. The van der Waals surface area contributed by atoms with Crippen LogP contribution in [-0.4, -0.2) is 18.5 Å². The molecule has 0 spiro atoms. The minimum absolute atomic E-state index is 0.313. The maximum atomic E-state index is 11.8. The van der Waals surface area contributed by atoms with Gasteiger partial charge in [0.25, 0.3) is 5.91 Å². The van der Waals surface area contributed by atoms with Crippen LogP contribution in [0.5, 0.6) is 0 Å². The minimum Gasteiger partial charge on any atom is -0.452 e. The average Bonchev–Trinajstić information content (AvgIpc) is 2.55. The molecule has 0 aliphatic rings. The molecule has 6 nitrogen and oxygen atoms in total. The summed E-state index contributed by atoms with van der Waals surface area (Å²) in [6.07, 6.45) is 0.313. The predicted octanol–water partition coefficient (Wildman–Crippen LogP) is 2.13. The Hall–Kier alpha value is -3.33. The molecule has 6 heteroatoms. The third-order valence-corrected chi connectivity index (χ3v) is 3.00. The summed E-state index contributed by atoms with van der Waals surface area (Å²) < 4.78 is 4.93. The van der Waals surface area contributed by atoms with E-state index in [0.29, 0.717) is 23.4 Å². The molecule has 0 fully saturated rings. The monoisotopic (exact) mass is 309 g/mol. The number of nitrogens with zero attached hydrogens (tertiary/aromatic N) is 1. The number of carbonyl (C=O) groups is 2. The fraction of sp³-hybridized carbons (Fsp3) is 0.118. The van der Waals surface area contributed by atoms with Crippen LogP contribution in [0, 0.1) is 11.3 Å². The molecular weight excluding hydrogens is 294 g/mol. The van der Waals surface area contributed by atoms with E-state index in [2.05, 4.69) is 5.32 Å². The molecule has 0 atom stereocenters. The third kappa shape index (κ3) is 4.86. The van der Waals surface area contributed by atoms with Crippen LogP contribution in [0.1, 0.15) is 15.9 Å². The van der Waals surface area contributed by atoms with Gasteiger partial charge in [-0.3, -0.25) is 4.79 Å². The van der Waals surface area contributed by atoms with E-state index in [1.54, 1.807) is 36.4 Å². The SMILES string of the molecule is N#CCc1ccc(NC(=O)COC(=O)c2ccc(N)cc2)cc1. The van der Waals surface area contributed by atoms with E-state index in [1.165, 1.54) is 12.1 Å². The second-order valence-corrected chi connectivity index (χ2v) is 4.78. The van der Waals surface area contributed by atoms with Crippen molar-refractivity contribution in [1.29, 1.82) is 5.26 Å². The standard InChI is InChI=1S/C17H15N3O3/c18-10-9-12-1-7-15(8-2-12)20-16(21)11-23-17(22)13-3-5-14(19)6-4-13/h1-8H,9,11,19H2,(H,20,21). The lowest BCUT2D eigenvalue weighted by atomic mass is 10.1. The Morgan fingerprint density at radius 1 is 1.09 bits per heavy atom. The van der Waals surface area contributed by atoms with Crippen molar-refractivity contribution in [3.05, 3.63) is 59.7 Å². The first-order valence-electron chi connectivity index (χ1n) is 6.87. The number of rotatable bonds is 5. The lowest BCUT2D eigenvalue weighted by Crippen LogP contribution is -2.20. The maximum absolute atomic E-state index is 11.8. The van der Waals surface area contributed by atoms with Crippen LogP contribution in [0.4, 0.5) is 11.4 Å². The highest BCUT2D eigenvalue weighted by atomic mass is 16.5. The zero-order valence-electron chi connectivity index (χ0n) is 12.3. The van der Waals surface area contributed by atoms with Gasteiger partial charge in [-0.05, 0) is 42.0 Å². The first kappa shape index (κ1) is 16.0. The summed E-state index contributed by atoms with van der Waals surface area (Å²) >= 11 is 0. The van der Waals surface area contributed by atoms with E-state index in [9.17, 15) is 9.59 Å². The molecule has 0 aliphatic heterocycles. The molecule has 116 valence electrons. The summed E-state index contributed by atoms with van der Waals surface area (Å²) in [6, 6.07) is 15.1. The van der Waals surface area contributed by atoms with Gasteiger partial charge in [0.15, 0.2) is 6.61 Å². The number of benzene rings is 2. The van der Waals surface area contributed by atoms with E-state index in [1.807, 2.05) is 6.07 Å². The normalized spacial score (nSPS) is 9.70. The maximum Gasteiger partial charge on any atom is 0.338 e. The number of ether oxygens (including phenoxy) is 1. The Kier molecular flexibility index (Phi) is 5.31. The van der Waals surface area contributed by atoms with Crippen LogP contribution in [-0.2, 0) is 16.0 Å². The van der Waals surface area contributed by atoms with Gasteiger partial charge >= 0.3 is 5.97 Å². The number of hydrogen-bond donors (Lipinski definition) is 2. The van der Waals surface area contributed by atoms with E-state index in [0.717, 1.165) is 5.56 Å². The van der Waals surface area contributed by atoms with Crippen LogP contribution in [0.2, 0.25) is 0 Å². The summed E-state index contributed by atoms with van der Waals surface area (Å²) in [5.74, 6) is -1.04. The van der Waals surface area contributed by atoms with E-state index < -0.39 is 11.9 Å². The topological polar surface area (TPSA) is 105 Å². The molecule has 23 heavy (non-hydrogen) atoms. The number of anilines is 2. The molecule has 0 saturated carbocycles. The Morgan fingerprint density at radius 3 is 2.35 bits per heavy atom. The molecule has 0 saturated heterocycles. The Labute approximate surface area is 133 Å². The number of nitrogens with two attached hydrogens (primary N) is 1. The van der Waals surface area contributed by atoms with Crippen LogP contribution in [0.15, 0.2) is 48.5 Å². The lowest BCUT2D eigenvalue weighted by Gasteiger charge is -2.07. The summed E-state index contributed by atoms with van der Waals surface area (Å²) in [6.45, 7) is -0.386. The lowest BCUT2D eigenvalue weighted by molar-refractivity contribution is -0.119. The second kappa shape index (κ2) is 7.61. The quantitative estimate of drug-likeness (QED) is 0.650. The number of amides is 1. The zero-order valence-corrected chi connectivity index (χ0v) is 12.3. The van der Waals surface area contributed by atoms with E-state index >= 15 is 0 Å². The van der Waals surface area contributed by atoms with Crippen LogP contribution < -0.4 is 11.1 Å². The first-order chi connectivity index (χ1) is 11.1. The number of nitrogens with one attached hydrogen (secondary N) is 1. The molecule has 0 radical (unpaired) electrons. The van der Waals surface area contributed by atoms with Gasteiger partial charge < -0.3 is 15.8 Å². The van der Waals surface area contributed by atoms with Crippen molar-refractivity contribution in [2.24, 2.45) is 0 Å². The molecule has 2 aromatic carbocycles. The Balaban J connectivity index is 1.84. The molecule has 0 aliphatic carbocycles. The van der Waals surface area contributed by atoms with Crippen molar-refractivity contribution >= 4 is 23.3 Å². The molecule has 0 unspecified atom stereocenters. The molecular formula is C17H15N3O3. The van der Waals surface area contributed by atoms with E-state index in [-0.39, 0.29) is 6.61 Å². The van der Waals surface area contributed by atoms with Crippen LogP contribution in [0.3, 0.4) is 0 Å². The molecule has 0 aromatic heterocycles. The number of esters is 1. The molecule has 3 N–H and O–H groups in total. The summed E-state index contributed by atoms with van der Waals surface area (Å²) in [5.41, 5.74) is 7.83. The summed E-state index contributed by atoms with van der Waals surface area (Å²) in [4.78, 5) is 23.5. The Bertz CT molecular complexity index is 731. The van der Waals surface area contributed by atoms with Crippen molar-refractivity contribution in [1.82, 2.24) is 0 Å². The number of nitrogen functional groups attached to an aromatic ring is 1. The van der Waals surface area contributed by atoms with Crippen molar-refractivity contribution < 1.29 is 14.3 Å². The van der Waals surface area contributed by atoms with Gasteiger partial charge in [-0.25, -0.2) is 4.79 Å². The highest BCUT2D eigenvalue weighted by molar-refractivity contribution is 5.95. The molecule has 2 aromatic rings. The van der Waals surface area contributed by atoms with Gasteiger partial charge in [0.2, 0.25) is 0 Å². The highest BCUT2D eigenvalue weighted by Crippen LogP contribution is 2.10. The molecule has 0 bridgehead atoms. The van der Waals surface area contributed by atoms with Gasteiger partial charge in [0.1, 0.15) is 0 Å². The van der Waals surface area contributed by atoms with Crippen molar-refractivity contribution in [2.45, 2.75) is 6.42 Å². The number of carbonyl (C=O) groups excluding carboxylic acids is 2. The molecule has 0 heterocycles. The second-order valence-electron chi connectivity index (χ2n) is 4.78. The fourth-order valence-electron chi connectivity index (χ4n) is 1.83. The molecule has 2 rings (SSSR count). The van der Waals surface area contributed by atoms with Crippen molar-refractivity contribution in [3.63, 3.8) is 0 Å². The number of nitriles is 1. The highest BCUT2D eigenvalue weighted by Gasteiger charge is 2.10. The van der Waals surface area contributed by atoms with E-state index in [4.69, 9.17) is 15.7 Å². The van der Waals surface area contributed by atoms with Gasteiger partial charge in [-0.2, -0.15) is 5.26 Å². The number of hydrogen-bond acceptors (Lipinski definition) is 5. The van der Waals surface area contributed by atoms with Gasteiger partial charge in [-0.1, -0.05) is 12.1 Å². The Morgan fingerprint density at radius 2 is 1.74 bits per heavy atom. The van der Waals surface area contributed by atoms with Gasteiger partial charge in [0, 0.05) is 11.4 Å². The predicted molar refractivity (Wildman–Crippen MR) is 85.5 cm³/mol. The minimum atomic E-state index is -0.593. The van der Waals surface area contributed by atoms with Gasteiger partial charge in [-0.15, -0.1) is 0 Å². The summed E-state index contributed by atoms with van der Waals surface area (Å²) in [7, 11) is 0. The average molecular weight is 309 g/mol. The van der Waals surface area contributed by atoms with Gasteiger partial charge in [0.05, 0.1) is 18.1 Å². The molecule has 1 amide bonds. The largest absolute Gasteiger partial charge is 0.452 e. The zero-order chi connectivity index (χ0) is 16.7.